The van der Waals surface area contributed by atoms with Crippen LogP contribution in [0.25, 0.3) is 0 Å². The van der Waals surface area contributed by atoms with Crippen molar-refractivity contribution in [2.75, 3.05) is 25.5 Å². The van der Waals surface area contributed by atoms with Gasteiger partial charge >= 0.3 is 12.0 Å². The van der Waals surface area contributed by atoms with E-state index in [9.17, 15) is 9.59 Å². The Morgan fingerprint density at radius 1 is 1.40 bits per heavy atom. The monoisotopic (exact) mass is 344 g/mol. The van der Waals surface area contributed by atoms with E-state index in [0.717, 1.165) is 4.47 Å². The van der Waals surface area contributed by atoms with Gasteiger partial charge in [0.1, 0.15) is 12.3 Å². The minimum atomic E-state index is -1.04. The minimum Gasteiger partial charge on any atom is -0.497 e. The van der Waals surface area contributed by atoms with Gasteiger partial charge in [-0.3, -0.25) is 4.79 Å². The summed E-state index contributed by atoms with van der Waals surface area (Å²) in [5, 5.41) is 11.5. The van der Waals surface area contributed by atoms with Gasteiger partial charge in [0, 0.05) is 22.8 Å². The van der Waals surface area contributed by atoms with E-state index in [2.05, 4.69) is 21.2 Å². The van der Waals surface area contributed by atoms with Gasteiger partial charge in [0.2, 0.25) is 0 Å². The maximum Gasteiger partial charge on any atom is 0.323 e. The van der Waals surface area contributed by atoms with Gasteiger partial charge in [0.05, 0.1) is 7.11 Å². The van der Waals surface area contributed by atoms with E-state index in [1.54, 1.807) is 18.2 Å². The molecule has 0 spiro atoms. The fourth-order valence-corrected chi connectivity index (χ4v) is 2.11. The Balaban J connectivity index is 2.81. The lowest BCUT2D eigenvalue weighted by molar-refractivity contribution is -0.137. The molecular weight excluding hydrogens is 328 g/mol. The molecule has 0 bridgehead atoms. The van der Waals surface area contributed by atoms with Crippen molar-refractivity contribution in [3.63, 3.8) is 0 Å². The number of methoxy groups -OCH3 is 1. The van der Waals surface area contributed by atoms with E-state index in [-0.39, 0.29) is 6.54 Å². The van der Waals surface area contributed by atoms with E-state index in [4.69, 9.17) is 9.84 Å². The van der Waals surface area contributed by atoms with Crippen molar-refractivity contribution in [2.45, 2.75) is 13.3 Å². The van der Waals surface area contributed by atoms with E-state index < -0.39 is 12.0 Å². The number of benzene rings is 1. The number of carboxylic acid groups (broad SMARTS) is 1. The summed E-state index contributed by atoms with van der Waals surface area (Å²) in [5.41, 5.74) is 0.535. The number of nitrogens with one attached hydrogen (secondary N) is 1. The van der Waals surface area contributed by atoms with Crippen LogP contribution in [-0.2, 0) is 4.79 Å². The van der Waals surface area contributed by atoms with Crippen LogP contribution in [0, 0.1) is 0 Å². The predicted molar refractivity (Wildman–Crippen MR) is 79.2 cm³/mol. The van der Waals surface area contributed by atoms with Crippen LogP contribution in [0.1, 0.15) is 13.3 Å². The molecule has 0 unspecified atom stereocenters. The molecule has 0 radical (unpaired) electrons. The molecule has 0 aliphatic heterocycles. The maximum absolute atomic E-state index is 12.0. The lowest BCUT2D eigenvalue weighted by Crippen LogP contribution is -2.39. The Morgan fingerprint density at radius 3 is 2.65 bits per heavy atom. The van der Waals surface area contributed by atoms with Crippen LogP contribution in [0.5, 0.6) is 5.75 Å². The molecule has 1 aromatic rings. The third-order valence-corrected chi connectivity index (χ3v) is 2.92. The molecule has 0 saturated heterocycles. The molecule has 0 aliphatic carbocycles. The number of nitrogens with zero attached hydrogens (tertiary/aromatic N) is 1. The molecule has 0 heterocycles. The molecule has 110 valence electrons. The van der Waals surface area contributed by atoms with Gasteiger partial charge < -0.3 is 20.1 Å². The number of carbonyl (C=O) groups is 2. The zero-order valence-electron chi connectivity index (χ0n) is 11.4. The molecule has 20 heavy (non-hydrogen) atoms. The summed E-state index contributed by atoms with van der Waals surface area (Å²) in [6.07, 6.45) is 0.683. The Morgan fingerprint density at radius 2 is 2.10 bits per heavy atom. The summed E-state index contributed by atoms with van der Waals surface area (Å²) >= 11 is 3.31. The first-order chi connectivity index (χ1) is 9.46. The van der Waals surface area contributed by atoms with Crippen molar-refractivity contribution in [2.24, 2.45) is 0 Å². The fourth-order valence-electron chi connectivity index (χ4n) is 1.64. The lowest BCUT2D eigenvalue weighted by Gasteiger charge is -2.20. The highest BCUT2D eigenvalue weighted by molar-refractivity contribution is 9.10. The fraction of sp³-hybridized carbons (Fsp3) is 0.385. The van der Waals surface area contributed by atoms with Gasteiger partial charge in [0.25, 0.3) is 0 Å². The number of rotatable bonds is 6. The molecule has 2 N–H and O–H groups in total. The van der Waals surface area contributed by atoms with Gasteiger partial charge in [-0.15, -0.1) is 0 Å². The summed E-state index contributed by atoms with van der Waals surface area (Å²) in [4.78, 5) is 24.0. The average Bonchev–Trinajstić information content (AvgIpc) is 2.36. The summed E-state index contributed by atoms with van der Waals surface area (Å²) in [6, 6.07) is 4.68. The summed E-state index contributed by atoms with van der Waals surface area (Å²) in [6.45, 7) is 1.93. The van der Waals surface area contributed by atoms with Gasteiger partial charge in [-0.25, -0.2) is 4.79 Å². The highest BCUT2D eigenvalue weighted by Gasteiger charge is 2.16. The van der Waals surface area contributed by atoms with Crippen LogP contribution in [0.3, 0.4) is 0 Å². The van der Waals surface area contributed by atoms with E-state index in [1.165, 1.54) is 12.0 Å². The zero-order valence-corrected chi connectivity index (χ0v) is 12.9. The Hall–Kier alpha value is -1.76. The first-order valence-corrected chi connectivity index (χ1v) is 6.87. The van der Waals surface area contributed by atoms with Gasteiger partial charge in [0.15, 0.2) is 0 Å². The van der Waals surface area contributed by atoms with Crippen molar-refractivity contribution in [1.82, 2.24) is 4.90 Å². The number of carbonyl (C=O) groups excluding carboxylic acids is 1. The first kappa shape index (κ1) is 16.3. The molecule has 0 aliphatic rings. The molecule has 6 nitrogen and oxygen atoms in total. The Kier molecular flexibility index (Phi) is 6.30. The van der Waals surface area contributed by atoms with Gasteiger partial charge in [-0.1, -0.05) is 22.9 Å². The van der Waals surface area contributed by atoms with Gasteiger partial charge in [-0.05, 0) is 18.6 Å². The van der Waals surface area contributed by atoms with Crippen molar-refractivity contribution in [3.05, 3.63) is 22.7 Å². The standard InChI is InChI=1S/C13H17BrN2O4/c1-3-4-16(8-12(17)18)13(19)15-10-5-9(14)6-11(7-10)20-2/h5-7H,3-4,8H2,1-2H3,(H,15,19)(H,17,18). The highest BCUT2D eigenvalue weighted by atomic mass is 79.9. The number of hydrogen-bond donors (Lipinski definition) is 2. The number of amides is 2. The second-order valence-electron chi connectivity index (χ2n) is 4.13. The second-order valence-corrected chi connectivity index (χ2v) is 5.04. The quantitative estimate of drug-likeness (QED) is 0.831. The van der Waals surface area contributed by atoms with Crippen LogP contribution >= 0.6 is 15.9 Å². The molecule has 0 fully saturated rings. The van der Waals surface area contributed by atoms with Crippen molar-refractivity contribution in [3.8, 4) is 5.75 Å². The topological polar surface area (TPSA) is 78.9 Å². The summed E-state index contributed by atoms with van der Waals surface area (Å²) < 4.78 is 5.86. The third kappa shape index (κ3) is 5.08. The molecular formula is C13H17BrN2O4. The van der Waals surface area contributed by atoms with Crippen molar-refractivity contribution < 1.29 is 19.4 Å². The number of urea groups is 1. The number of anilines is 1. The van der Waals surface area contributed by atoms with E-state index in [1.807, 2.05) is 6.92 Å². The Bertz CT molecular complexity index is 493. The van der Waals surface area contributed by atoms with Crippen LogP contribution in [0.4, 0.5) is 10.5 Å². The molecule has 0 atom stereocenters. The smallest absolute Gasteiger partial charge is 0.323 e. The zero-order chi connectivity index (χ0) is 15.1. The molecule has 7 heteroatoms. The molecule has 1 aromatic carbocycles. The van der Waals surface area contributed by atoms with E-state index in [0.29, 0.717) is 24.4 Å². The second kappa shape index (κ2) is 7.74. The van der Waals surface area contributed by atoms with Crippen LogP contribution in [-0.4, -0.2) is 42.2 Å². The Labute approximate surface area is 125 Å². The predicted octanol–water partition coefficient (Wildman–Crippen LogP) is 2.79. The third-order valence-electron chi connectivity index (χ3n) is 2.47. The molecule has 0 aromatic heterocycles. The summed E-state index contributed by atoms with van der Waals surface area (Å²) in [7, 11) is 1.53. The van der Waals surface area contributed by atoms with Crippen LogP contribution < -0.4 is 10.1 Å². The molecule has 0 saturated carbocycles. The highest BCUT2D eigenvalue weighted by Crippen LogP contribution is 2.24. The largest absolute Gasteiger partial charge is 0.497 e. The number of halogens is 1. The van der Waals surface area contributed by atoms with E-state index >= 15 is 0 Å². The average molecular weight is 345 g/mol. The summed E-state index contributed by atoms with van der Waals surface area (Å²) in [5.74, 6) is -0.449. The minimum absolute atomic E-state index is 0.329. The maximum atomic E-state index is 12.0. The number of aliphatic carboxylic acids is 1. The van der Waals surface area contributed by atoms with Crippen LogP contribution in [0.15, 0.2) is 22.7 Å². The number of ether oxygens (including phenoxy) is 1. The van der Waals surface area contributed by atoms with Crippen molar-refractivity contribution >= 4 is 33.6 Å². The van der Waals surface area contributed by atoms with Crippen molar-refractivity contribution in [1.29, 1.82) is 0 Å². The number of hydrogen-bond acceptors (Lipinski definition) is 3. The first-order valence-electron chi connectivity index (χ1n) is 6.08. The number of carboxylic acids is 1. The van der Waals surface area contributed by atoms with Crippen LogP contribution in [0.2, 0.25) is 0 Å². The lowest BCUT2D eigenvalue weighted by atomic mass is 10.3. The SMILES string of the molecule is CCCN(CC(=O)O)C(=O)Nc1cc(Br)cc(OC)c1. The molecule has 1 rings (SSSR count). The normalized spacial score (nSPS) is 9.95. The van der Waals surface area contributed by atoms with Gasteiger partial charge in [-0.2, -0.15) is 0 Å². The molecule has 2 amide bonds.